The Kier molecular flexibility index (Phi) is 3.61. The highest BCUT2D eigenvalue weighted by Gasteiger charge is 2.07. The highest BCUT2D eigenvalue weighted by molar-refractivity contribution is 5.69. The van der Waals surface area contributed by atoms with Gasteiger partial charge in [0.1, 0.15) is 0 Å². The molecule has 0 aliphatic carbocycles. The van der Waals surface area contributed by atoms with Gasteiger partial charge < -0.3 is 5.32 Å². The molecule has 0 aliphatic rings. The van der Waals surface area contributed by atoms with Crippen LogP contribution in [-0.4, -0.2) is 17.2 Å². The third-order valence-corrected chi connectivity index (χ3v) is 3.37. The number of hydrogen-bond acceptors (Lipinski definition) is 2. The molecular formula is C17H17N3. The van der Waals surface area contributed by atoms with Crippen LogP contribution in [0.1, 0.15) is 5.56 Å². The van der Waals surface area contributed by atoms with E-state index in [9.17, 15) is 0 Å². The summed E-state index contributed by atoms with van der Waals surface area (Å²) in [6.45, 7) is 0.812. The first-order chi connectivity index (χ1) is 9.88. The summed E-state index contributed by atoms with van der Waals surface area (Å²) in [4.78, 5) is 0. The molecule has 1 heterocycles. The third-order valence-electron chi connectivity index (χ3n) is 3.37. The maximum atomic E-state index is 4.13. The van der Waals surface area contributed by atoms with Crippen molar-refractivity contribution in [2.75, 3.05) is 7.05 Å². The SMILES string of the molecule is CNCc1cn[nH]c1-c1ccc(-c2ccccc2)cc1. The van der Waals surface area contributed by atoms with Gasteiger partial charge in [-0.3, -0.25) is 5.10 Å². The van der Waals surface area contributed by atoms with Crippen molar-refractivity contribution in [1.29, 1.82) is 0 Å². The second-order valence-electron chi connectivity index (χ2n) is 4.74. The van der Waals surface area contributed by atoms with Gasteiger partial charge in [0, 0.05) is 12.1 Å². The zero-order valence-corrected chi connectivity index (χ0v) is 11.4. The minimum atomic E-state index is 0.812. The first-order valence-electron chi connectivity index (χ1n) is 6.71. The van der Waals surface area contributed by atoms with Gasteiger partial charge in [-0.15, -0.1) is 0 Å². The summed E-state index contributed by atoms with van der Waals surface area (Å²) in [5.41, 5.74) is 5.88. The van der Waals surface area contributed by atoms with Gasteiger partial charge in [0.05, 0.1) is 11.9 Å². The Morgan fingerprint density at radius 3 is 2.25 bits per heavy atom. The lowest BCUT2D eigenvalue weighted by molar-refractivity contribution is 0.820. The molecule has 0 spiro atoms. The molecule has 2 aromatic carbocycles. The Labute approximate surface area is 118 Å². The maximum absolute atomic E-state index is 4.13. The van der Waals surface area contributed by atoms with Gasteiger partial charge in [-0.1, -0.05) is 54.6 Å². The molecule has 0 saturated carbocycles. The van der Waals surface area contributed by atoms with Gasteiger partial charge in [-0.25, -0.2) is 0 Å². The van der Waals surface area contributed by atoms with E-state index in [0.717, 1.165) is 17.8 Å². The van der Waals surface area contributed by atoms with E-state index < -0.39 is 0 Å². The largest absolute Gasteiger partial charge is 0.316 e. The smallest absolute Gasteiger partial charge is 0.0695 e. The fourth-order valence-electron chi connectivity index (χ4n) is 2.35. The molecule has 0 atom stereocenters. The minimum absolute atomic E-state index is 0.812. The molecule has 3 aromatic rings. The molecule has 0 unspecified atom stereocenters. The Bertz CT molecular complexity index is 669. The van der Waals surface area contributed by atoms with E-state index in [1.807, 2.05) is 19.3 Å². The summed E-state index contributed by atoms with van der Waals surface area (Å²) in [6, 6.07) is 19.0. The fraction of sp³-hybridized carbons (Fsp3) is 0.118. The topological polar surface area (TPSA) is 40.7 Å². The molecule has 1 aromatic heterocycles. The summed E-state index contributed by atoms with van der Waals surface area (Å²) in [7, 11) is 1.94. The van der Waals surface area contributed by atoms with Gasteiger partial charge in [0.2, 0.25) is 0 Å². The predicted molar refractivity (Wildman–Crippen MR) is 82.2 cm³/mol. The van der Waals surface area contributed by atoms with Crippen molar-refractivity contribution in [3.8, 4) is 22.4 Å². The second kappa shape index (κ2) is 5.72. The summed E-state index contributed by atoms with van der Waals surface area (Å²) in [5, 5.41) is 10.4. The van der Waals surface area contributed by atoms with Crippen molar-refractivity contribution < 1.29 is 0 Å². The minimum Gasteiger partial charge on any atom is -0.316 e. The van der Waals surface area contributed by atoms with Crippen molar-refractivity contribution in [2.45, 2.75) is 6.54 Å². The van der Waals surface area contributed by atoms with Crippen LogP contribution in [-0.2, 0) is 6.54 Å². The molecular weight excluding hydrogens is 246 g/mol. The van der Waals surface area contributed by atoms with Crippen LogP contribution in [0.4, 0.5) is 0 Å². The zero-order chi connectivity index (χ0) is 13.8. The van der Waals surface area contributed by atoms with E-state index in [1.54, 1.807) is 0 Å². The summed E-state index contributed by atoms with van der Waals surface area (Å²) < 4.78 is 0. The number of rotatable bonds is 4. The van der Waals surface area contributed by atoms with Crippen molar-refractivity contribution in [3.63, 3.8) is 0 Å². The average molecular weight is 263 g/mol. The van der Waals surface area contributed by atoms with E-state index in [4.69, 9.17) is 0 Å². The van der Waals surface area contributed by atoms with Gasteiger partial charge in [-0.05, 0) is 23.7 Å². The molecule has 0 bridgehead atoms. The van der Waals surface area contributed by atoms with Gasteiger partial charge >= 0.3 is 0 Å². The Morgan fingerprint density at radius 1 is 0.900 bits per heavy atom. The first kappa shape index (κ1) is 12.6. The first-order valence-corrected chi connectivity index (χ1v) is 6.71. The Hall–Kier alpha value is -2.39. The predicted octanol–water partition coefficient (Wildman–Crippen LogP) is 3.46. The van der Waals surface area contributed by atoms with Crippen LogP contribution in [0.3, 0.4) is 0 Å². The summed E-state index contributed by atoms with van der Waals surface area (Å²) >= 11 is 0. The van der Waals surface area contributed by atoms with E-state index in [2.05, 4.69) is 64.0 Å². The highest BCUT2D eigenvalue weighted by atomic mass is 15.1. The average Bonchev–Trinajstić information content (AvgIpc) is 2.97. The van der Waals surface area contributed by atoms with E-state index in [-0.39, 0.29) is 0 Å². The number of benzene rings is 2. The Morgan fingerprint density at radius 2 is 1.55 bits per heavy atom. The molecule has 0 radical (unpaired) electrons. The van der Waals surface area contributed by atoms with Crippen molar-refractivity contribution in [3.05, 3.63) is 66.4 Å². The quantitative estimate of drug-likeness (QED) is 0.756. The van der Waals surface area contributed by atoms with Crippen LogP contribution in [0.5, 0.6) is 0 Å². The van der Waals surface area contributed by atoms with Gasteiger partial charge in [0.15, 0.2) is 0 Å². The highest BCUT2D eigenvalue weighted by Crippen LogP contribution is 2.25. The van der Waals surface area contributed by atoms with Crippen LogP contribution >= 0.6 is 0 Å². The lowest BCUT2D eigenvalue weighted by Crippen LogP contribution is -2.05. The number of aromatic amines is 1. The number of nitrogens with one attached hydrogen (secondary N) is 2. The molecule has 3 nitrogen and oxygen atoms in total. The molecule has 3 rings (SSSR count). The monoisotopic (exact) mass is 263 g/mol. The van der Waals surface area contributed by atoms with Crippen LogP contribution < -0.4 is 5.32 Å². The number of aromatic nitrogens is 2. The van der Waals surface area contributed by atoms with Crippen LogP contribution in [0.15, 0.2) is 60.8 Å². The molecule has 0 aliphatic heterocycles. The molecule has 0 saturated heterocycles. The van der Waals surface area contributed by atoms with Crippen molar-refractivity contribution in [2.24, 2.45) is 0 Å². The van der Waals surface area contributed by atoms with E-state index in [0.29, 0.717) is 0 Å². The van der Waals surface area contributed by atoms with Crippen molar-refractivity contribution >= 4 is 0 Å². The maximum Gasteiger partial charge on any atom is 0.0695 e. The lowest BCUT2D eigenvalue weighted by atomic mass is 10.0. The normalized spacial score (nSPS) is 10.7. The summed E-state index contributed by atoms with van der Waals surface area (Å²) in [5.74, 6) is 0. The lowest BCUT2D eigenvalue weighted by Gasteiger charge is -2.05. The molecule has 2 N–H and O–H groups in total. The second-order valence-corrected chi connectivity index (χ2v) is 4.74. The van der Waals surface area contributed by atoms with Crippen LogP contribution in [0, 0.1) is 0 Å². The zero-order valence-electron chi connectivity index (χ0n) is 11.4. The molecule has 0 fully saturated rings. The van der Waals surface area contributed by atoms with E-state index >= 15 is 0 Å². The van der Waals surface area contributed by atoms with Crippen LogP contribution in [0.25, 0.3) is 22.4 Å². The number of hydrogen-bond donors (Lipinski definition) is 2. The van der Waals surface area contributed by atoms with Gasteiger partial charge in [0.25, 0.3) is 0 Å². The third kappa shape index (κ3) is 2.49. The fourth-order valence-corrected chi connectivity index (χ4v) is 2.35. The molecule has 20 heavy (non-hydrogen) atoms. The molecule has 3 heteroatoms. The molecule has 100 valence electrons. The van der Waals surface area contributed by atoms with E-state index in [1.165, 1.54) is 16.7 Å². The molecule has 0 amide bonds. The van der Waals surface area contributed by atoms with Gasteiger partial charge in [-0.2, -0.15) is 5.10 Å². The standard InChI is InChI=1S/C17H17N3/c1-18-11-16-12-19-20-17(16)15-9-7-14(8-10-15)13-5-3-2-4-6-13/h2-10,12,18H,11H2,1H3,(H,19,20). The Balaban J connectivity index is 1.91. The van der Waals surface area contributed by atoms with Crippen molar-refractivity contribution in [1.82, 2.24) is 15.5 Å². The number of H-pyrrole nitrogens is 1. The number of nitrogens with zero attached hydrogens (tertiary/aromatic N) is 1. The summed E-state index contributed by atoms with van der Waals surface area (Å²) in [6.07, 6.45) is 1.87. The van der Waals surface area contributed by atoms with Crippen LogP contribution in [0.2, 0.25) is 0 Å².